The molecule has 0 radical (unpaired) electrons. The Morgan fingerprint density at radius 2 is 1.95 bits per heavy atom. The van der Waals surface area contributed by atoms with Crippen LogP contribution < -0.4 is 5.73 Å². The maximum Gasteiger partial charge on any atom is 0.253 e. The van der Waals surface area contributed by atoms with Crippen molar-refractivity contribution < 1.29 is 9.32 Å². The molecule has 2 N–H and O–H groups in total. The van der Waals surface area contributed by atoms with Gasteiger partial charge in [-0.05, 0) is 25.0 Å². The van der Waals surface area contributed by atoms with Crippen LogP contribution in [-0.4, -0.2) is 29.1 Å². The van der Waals surface area contributed by atoms with Crippen molar-refractivity contribution in [3.8, 4) is 11.3 Å². The molecule has 0 atom stereocenters. The lowest BCUT2D eigenvalue weighted by Gasteiger charge is -2.15. The SMILES string of the molecule is NCc1cc(-c2ccc(C(=O)N3CCCC3)cc2)no1. The van der Waals surface area contributed by atoms with E-state index in [2.05, 4.69) is 5.16 Å². The zero-order valence-electron chi connectivity index (χ0n) is 11.2. The number of carbonyl (C=O) groups excluding carboxylic acids is 1. The quantitative estimate of drug-likeness (QED) is 0.927. The average molecular weight is 271 g/mol. The van der Waals surface area contributed by atoms with Gasteiger partial charge in [0.1, 0.15) is 5.69 Å². The minimum absolute atomic E-state index is 0.108. The summed E-state index contributed by atoms with van der Waals surface area (Å²) in [5, 5.41) is 3.96. The van der Waals surface area contributed by atoms with Gasteiger partial charge in [0.2, 0.25) is 0 Å². The van der Waals surface area contributed by atoms with Crippen molar-refractivity contribution in [3.63, 3.8) is 0 Å². The van der Waals surface area contributed by atoms with Crippen LogP contribution in [0.4, 0.5) is 0 Å². The Hall–Kier alpha value is -2.14. The molecule has 1 aliphatic rings. The lowest BCUT2D eigenvalue weighted by Crippen LogP contribution is -2.27. The zero-order valence-corrected chi connectivity index (χ0v) is 11.2. The Kier molecular flexibility index (Phi) is 3.52. The number of hydrogen-bond donors (Lipinski definition) is 1. The van der Waals surface area contributed by atoms with E-state index < -0.39 is 0 Å². The molecule has 0 saturated carbocycles. The van der Waals surface area contributed by atoms with Crippen LogP contribution in [-0.2, 0) is 6.54 Å². The van der Waals surface area contributed by atoms with Crippen LogP contribution in [0.3, 0.4) is 0 Å². The average Bonchev–Trinajstić information content (AvgIpc) is 3.18. The van der Waals surface area contributed by atoms with Gasteiger partial charge in [-0.2, -0.15) is 0 Å². The van der Waals surface area contributed by atoms with Crippen LogP contribution in [0.2, 0.25) is 0 Å². The molecule has 5 nitrogen and oxygen atoms in total. The van der Waals surface area contributed by atoms with E-state index in [1.165, 1.54) is 0 Å². The molecule has 0 aliphatic carbocycles. The smallest absolute Gasteiger partial charge is 0.253 e. The predicted molar refractivity (Wildman–Crippen MR) is 75.0 cm³/mol. The summed E-state index contributed by atoms with van der Waals surface area (Å²) < 4.78 is 5.08. The van der Waals surface area contributed by atoms with E-state index in [9.17, 15) is 4.79 Å². The molecular formula is C15H17N3O2. The van der Waals surface area contributed by atoms with Gasteiger partial charge in [0.05, 0.1) is 6.54 Å². The fourth-order valence-corrected chi connectivity index (χ4v) is 2.43. The van der Waals surface area contributed by atoms with Gasteiger partial charge in [-0.1, -0.05) is 17.3 Å². The fraction of sp³-hybridized carbons (Fsp3) is 0.333. The number of rotatable bonds is 3. The van der Waals surface area contributed by atoms with Crippen molar-refractivity contribution in [1.82, 2.24) is 10.1 Å². The maximum atomic E-state index is 12.2. The number of carbonyl (C=O) groups is 1. The van der Waals surface area contributed by atoms with Gasteiger partial charge in [-0.25, -0.2) is 0 Å². The molecule has 2 heterocycles. The van der Waals surface area contributed by atoms with E-state index >= 15 is 0 Å². The second kappa shape index (κ2) is 5.46. The fourth-order valence-electron chi connectivity index (χ4n) is 2.43. The summed E-state index contributed by atoms with van der Waals surface area (Å²) in [5.41, 5.74) is 7.88. The van der Waals surface area contributed by atoms with Crippen LogP contribution in [0.15, 0.2) is 34.9 Å². The number of nitrogens with zero attached hydrogens (tertiary/aromatic N) is 2. The number of amides is 1. The molecule has 20 heavy (non-hydrogen) atoms. The molecule has 0 bridgehead atoms. The minimum atomic E-state index is 0.108. The molecule has 0 spiro atoms. The van der Waals surface area contributed by atoms with Gasteiger partial charge >= 0.3 is 0 Å². The first kappa shape index (κ1) is 12.9. The predicted octanol–water partition coefficient (Wildman–Crippen LogP) is 2.04. The highest BCUT2D eigenvalue weighted by Gasteiger charge is 2.19. The molecular weight excluding hydrogens is 254 g/mol. The summed E-state index contributed by atoms with van der Waals surface area (Å²) in [6, 6.07) is 9.28. The van der Waals surface area contributed by atoms with Crippen molar-refractivity contribution >= 4 is 5.91 Å². The zero-order chi connectivity index (χ0) is 13.9. The van der Waals surface area contributed by atoms with E-state index in [0.29, 0.717) is 12.3 Å². The van der Waals surface area contributed by atoms with Crippen molar-refractivity contribution in [1.29, 1.82) is 0 Å². The van der Waals surface area contributed by atoms with E-state index in [0.717, 1.165) is 42.8 Å². The molecule has 1 amide bonds. The Morgan fingerprint density at radius 1 is 1.25 bits per heavy atom. The summed E-state index contributed by atoms with van der Waals surface area (Å²) >= 11 is 0. The Labute approximate surface area is 117 Å². The summed E-state index contributed by atoms with van der Waals surface area (Å²) in [6.07, 6.45) is 2.20. The van der Waals surface area contributed by atoms with E-state index in [4.69, 9.17) is 10.3 Å². The Bertz CT molecular complexity index is 598. The van der Waals surface area contributed by atoms with E-state index in [-0.39, 0.29) is 5.91 Å². The number of aromatic nitrogens is 1. The molecule has 1 aromatic heterocycles. The number of nitrogens with two attached hydrogens (primary N) is 1. The van der Waals surface area contributed by atoms with Gasteiger partial charge in [-0.3, -0.25) is 4.79 Å². The summed E-state index contributed by atoms with van der Waals surface area (Å²) in [5.74, 6) is 0.758. The lowest BCUT2D eigenvalue weighted by molar-refractivity contribution is 0.0793. The van der Waals surface area contributed by atoms with Crippen LogP contribution in [0, 0.1) is 0 Å². The number of likely N-dealkylation sites (tertiary alicyclic amines) is 1. The molecule has 1 aliphatic heterocycles. The highest BCUT2D eigenvalue weighted by molar-refractivity contribution is 5.94. The van der Waals surface area contributed by atoms with Crippen LogP contribution in [0.5, 0.6) is 0 Å². The summed E-state index contributed by atoms with van der Waals surface area (Å²) in [7, 11) is 0. The first-order valence-corrected chi connectivity index (χ1v) is 6.83. The number of hydrogen-bond acceptors (Lipinski definition) is 4. The second-order valence-corrected chi connectivity index (χ2v) is 4.96. The van der Waals surface area contributed by atoms with Crippen LogP contribution in [0.25, 0.3) is 11.3 Å². The molecule has 2 aromatic rings. The molecule has 1 aromatic carbocycles. The first-order valence-electron chi connectivity index (χ1n) is 6.83. The molecule has 5 heteroatoms. The van der Waals surface area contributed by atoms with E-state index in [1.807, 2.05) is 35.2 Å². The molecule has 0 unspecified atom stereocenters. The Morgan fingerprint density at radius 3 is 2.55 bits per heavy atom. The summed E-state index contributed by atoms with van der Waals surface area (Å²) in [4.78, 5) is 14.1. The third-order valence-electron chi connectivity index (χ3n) is 3.58. The topological polar surface area (TPSA) is 72.4 Å². The maximum absolute atomic E-state index is 12.2. The normalized spacial score (nSPS) is 14.8. The van der Waals surface area contributed by atoms with Gasteiger partial charge in [0.25, 0.3) is 5.91 Å². The highest BCUT2D eigenvalue weighted by Crippen LogP contribution is 2.21. The lowest BCUT2D eigenvalue weighted by atomic mass is 10.1. The second-order valence-electron chi connectivity index (χ2n) is 4.96. The minimum Gasteiger partial charge on any atom is -0.359 e. The summed E-state index contributed by atoms with van der Waals surface area (Å²) in [6.45, 7) is 2.06. The van der Waals surface area contributed by atoms with Crippen LogP contribution in [0.1, 0.15) is 29.0 Å². The Balaban J connectivity index is 1.78. The van der Waals surface area contributed by atoms with Crippen LogP contribution >= 0.6 is 0 Å². The molecule has 1 fully saturated rings. The molecule has 3 rings (SSSR count). The number of benzene rings is 1. The highest BCUT2D eigenvalue weighted by atomic mass is 16.5. The van der Waals surface area contributed by atoms with Gasteiger partial charge in [0, 0.05) is 30.3 Å². The van der Waals surface area contributed by atoms with Crippen molar-refractivity contribution in [2.75, 3.05) is 13.1 Å². The van der Waals surface area contributed by atoms with Crippen molar-refractivity contribution in [3.05, 3.63) is 41.7 Å². The first-order chi connectivity index (χ1) is 9.78. The third kappa shape index (κ3) is 2.44. The third-order valence-corrected chi connectivity index (χ3v) is 3.58. The van der Waals surface area contributed by atoms with Crippen molar-refractivity contribution in [2.24, 2.45) is 5.73 Å². The van der Waals surface area contributed by atoms with E-state index in [1.54, 1.807) is 0 Å². The monoisotopic (exact) mass is 271 g/mol. The molecule has 104 valence electrons. The van der Waals surface area contributed by atoms with Gasteiger partial charge < -0.3 is 15.2 Å². The van der Waals surface area contributed by atoms with Gasteiger partial charge in [-0.15, -0.1) is 0 Å². The standard InChI is InChI=1S/C15H17N3O2/c16-10-13-9-14(17-20-13)11-3-5-12(6-4-11)15(19)18-7-1-2-8-18/h3-6,9H,1-2,7-8,10,16H2. The van der Waals surface area contributed by atoms with Crippen molar-refractivity contribution in [2.45, 2.75) is 19.4 Å². The van der Waals surface area contributed by atoms with Gasteiger partial charge in [0.15, 0.2) is 5.76 Å². The molecule has 1 saturated heterocycles. The largest absolute Gasteiger partial charge is 0.359 e.